The van der Waals surface area contributed by atoms with Gasteiger partial charge in [0.15, 0.2) is 0 Å². The van der Waals surface area contributed by atoms with Gasteiger partial charge in [-0.1, -0.05) is 0 Å². The zero-order valence-electron chi connectivity index (χ0n) is 15.6. The highest BCUT2D eigenvalue weighted by Crippen LogP contribution is 2.38. The summed E-state index contributed by atoms with van der Waals surface area (Å²) in [6.07, 6.45) is 1.91. The summed E-state index contributed by atoms with van der Waals surface area (Å²) in [6, 6.07) is 1.36. The molecule has 1 spiro atoms. The fraction of sp³-hybridized carbons (Fsp3) is 0.647. The Morgan fingerprint density at radius 3 is 2.82 bits per heavy atom. The third-order valence-electron chi connectivity index (χ3n) is 5.69. The van der Waals surface area contributed by atoms with Crippen molar-refractivity contribution < 1.29 is 27.8 Å². The summed E-state index contributed by atoms with van der Waals surface area (Å²) in [6.45, 7) is 2.17. The Balaban J connectivity index is 1.46. The number of anilines is 1. The van der Waals surface area contributed by atoms with Gasteiger partial charge in [0.1, 0.15) is 17.2 Å². The van der Waals surface area contributed by atoms with Crippen molar-refractivity contribution in [2.45, 2.75) is 35.8 Å². The van der Waals surface area contributed by atoms with Crippen molar-refractivity contribution in [2.24, 2.45) is 0 Å². The molecule has 1 amide bonds. The van der Waals surface area contributed by atoms with Crippen molar-refractivity contribution in [2.75, 3.05) is 44.8 Å². The smallest absolute Gasteiger partial charge is 0.404 e. The summed E-state index contributed by atoms with van der Waals surface area (Å²) < 4.78 is 39.0. The molecule has 28 heavy (non-hydrogen) atoms. The number of ether oxygens (including phenoxy) is 2. The molecule has 1 aromatic rings. The maximum Gasteiger partial charge on any atom is 0.404 e. The summed E-state index contributed by atoms with van der Waals surface area (Å²) >= 11 is 0. The van der Waals surface area contributed by atoms with Gasteiger partial charge in [0.2, 0.25) is 15.9 Å². The van der Waals surface area contributed by atoms with E-state index in [0.717, 1.165) is 0 Å². The van der Waals surface area contributed by atoms with Crippen LogP contribution in [0.4, 0.5) is 10.5 Å². The second kappa shape index (κ2) is 7.05. The molecule has 0 aliphatic carbocycles. The molecule has 4 rings (SSSR count). The lowest BCUT2D eigenvalue weighted by Gasteiger charge is -2.38. The molecule has 10 nitrogen and oxygen atoms in total. The first kappa shape index (κ1) is 19.2. The number of carboxylic acid groups (broad SMARTS) is 1. The molecular formula is C17H24N4O6S. The van der Waals surface area contributed by atoms with E-state index >= 15 is 0 Å². The number of piperidine rings is 1. The lowest BCUT2D eigenvalue weighted by Crippen LogP contribution is -2.47. The van der Waals surface area contributed by atoms with Crippen molar-refractivity contribution in [3.05, 3.63) is 12.3 Å². The quantitative estimate of drug-likeness (QED) is 0.736. The molecule has 11 heteroatoms. The van der Waals surface area contributed by atoms with Gasteiger partial charge in [0.05, 0.1) is 31.0 Å². The first-order chi connectivity index (χ1) is 13.3. The van der Waals surface area contributed by atoms with Crippen molar-refractivity contribution >= 4 is 21.8 Å². The van der Waals surface area contributed by atoms with Crippen LogP contribution in [0, 0.1) is 0 Å². The Bertz CT molecular complexity index is 868. The number of aromatic nitrogens is 1. The van der Waals surface area contributed by atoms with Crippen LogP contribution in [-0.4, -0.2) is 80.4 Å². The Kier molecular flexibility index (Phi) is 4.84. The number of likely N-dealkylation sites (N-methyl/N-ethyl adjacent to an activating group) is 1. The Morgan fingerprint density at radius 2 is 2.11 bits per heavy atom. The molecule has 2 N–H and O–H groups in total. The Labute approximate surface area is 163 Å². The first-order valence-electron chi connectivity index (χ1n) is 9.27. The Morgan fingerprint density at radius 1 is 1.36 bits per heavy atom. The zero-order chi connectivity index (χ0) is 19.9. The van der Waals surface area contributed by atoms with E-state index in [1.54, 1.807) is 6.07 Å². The number of hydrogen-bond acceptors (Lipinski definition) is 7. The molecule has 2 saturated heterocycles. The van der Waals surface area contributed by atoms with Gasteiger partial charge in [-0.05, 0) is 25.3 Å². The summed E-state index contributed by atoms with van der Waals surface area (Å²) in [7, 11) is -1.80. The number of hydrogen-bond donors (Lipinski definition) is 2. The highest BCUT2D eigenvalue weighted by atomic mass is 32.2. The minimum atomic E-state index is -3.67. The Hall–Kier alpha value is -2.11. The fourth-order valence-corrected chi connectivity index (χ4v) is 5.50. The van der Waals surface area contributed by atoms with Crippen molar-refractivity contribution in [3.63, 3.8) is 0 Å². The van der Waals surface area contributed by atoms with E-state index in [9.17, 15) is 13.2 Å². The monoisotopic (exact) mass is 412 g/mol. The van der Waals surface area contributed by atoms with Crippen LogP contribution in [0.15, 0.2) is 17.2 Å². The summed E-state index contributed by atoms with van der Waals surface area (Å²) in [5, 5.41) is 11.3. The third kappa shape index (κ3) is 3.49. The maximum atomic E-state index is 13.1. The van der Waals surface area contributed by atoms with E-state index in [1.165, 1.54) is 10.5 Å². The molecule has 0 unspecified atom stereocenters. The molecule has 3 aliphatic rings. The van der Waals surface area contributed by atoms with E-state index in [-0.39, 0.29) is 10.9 Å². The van der Waals surface area contributed by atoms with Gasteiger partial charge in [-0.25, -0.2) is 18.2 Å². The fourth-order valence-electron chi connectivity index (χ4n) is 4.09. The van der Waals surface area contributed by atoms with Crippen molar-refractivity contribution in [1.29, 1.82) is 0 Å². The minimum absolute atomic E-state index is 0.150. The number of sulfonamides is 1. The summed E-state index contributed by atoms with van der Waals surface area (Å²) in [5.41, 5.74) is 0.212. The van der Waals surface area contributed by atoms with E-state index in [1.807, 2.05) is 11.9 Å². The van der Waals surface area contributed by atoms with Crippen molar-refractivity contribution in [1.82, 2.24) is 14.6 Å². The molecule has 1 aromatic heterocycles. The third-order valence-corrected chi connectivity index (χ3v) is 7.56. The zero-order valence-corrected chi connectivity index (χ0v) is 16.4. The molecule has 0 radical (unpaired) electrons. The predicted molar refractivity (Wildman–Crippen MR) is 99.2 cm³/mol. The van der Waals surface area contributed by atoms with Crippen LogP contribution >= 0.6 is 0 Å². The van der Waals surface area contributed by atoms with Crippen molar-refractivity contribution in [3.8, 4) is 5.88 Å². The minimum Gasteiger partial charge on any atom is -0.474 e. The molecule has 0 aromatic carbocycles. The van der Waals surface area contributed by atoms with Crippen LogP contribution in [0.25, 0.3) is 0 Å². The van der Waals surface area contributed by atoms with Gasteiger partial charge < -0.3 is 24.8 Å². The second-order valence-corrected chi connectivity index (χ2v) is 9.45. The maximum absolute atomic E-state index is 13.1. The second-order valence-electron chi connectivity index (χ2n) is 7.51. The number of rotatable bonds is 3. The van der Waals surface area contributed by atoms with Gasteiger partial charge in [0, 0.05) is 20.1 Å². The van der Waals surface area contributed by atoms with Gasteiger partial charge >= 0.3 is 6.09 Å². The van der Waals surface area contributed by atoms with E-state index in [2.05, 4.69) is 10.3 Å². The molecule has 3 aliphatic heterocycles. The molecule has 2 fully saturated rings. The normalized spacial score (nSPS) is 24.6. The number of carbonyl (C=O) groups is 1. The lowest BCUT2D eigenvalue weighted by molar-refractivity contribution is -0.0311. The average molecular weight is 412 g/mol. The summed E-state index contributed by atoms with van der Waals surface area (Å²) in [4.78, 5) is 17.1. The summed E-state index contributed by atoms with van der Waals surface area (Å²) in [5.74, 6) is 0.446. The molecule has 4 heterocycles. The van der Waals surface area contributed by atoms with Gasteiger partial charge in [-0.2, -0.15) is 4.31 Å². The topological polar surface area (TPSA) is 121 Å². The lowest BCUT2D eigenvalue weighted by atomic mass is 9.88. The van der Waals surface area contributed by atoms with Gasteiger partial charge in [0.25, 0.3) is 0 Å². The van der Waals surface area contributed by atoms with Crippen LogP contribution in [0.2, 0.25) is 0 Å². The molecular weight excluding hydrogens is 388 g/mol. The van der Waals surface area contributed by atoms with Crippen LogP contribution < -0.4 is 15.0 Å². The average Bonchev–Trinajstić information content (AvgIpc) is 3.03. The largest absolute Gasteiger partial charge is 0.474 e. The van der Waals surface area contributed by atoms with E-state index < -0.39 is 21.7 Å². The van der Waals surface area contributed by atoms with Gasteiger partial charge in [-0.15, -0.1) is 0 Å². The number of fused-ring (bicyclic) bond motifs is 1. The highest BCUT2D eigenvalue weighted by molar-refractivity contribution is 7.89. The number of nitrogens with zero attached hydrogens (tertiary/aromatic N) is 3. The first-order valence-corrected chi connectivity index (χ1v) is 10.7. The number of amides is 1. The highest BCUT2D eigenvalue weighted by Gasteiger charge is 2.45. The molecule has 154 valence electrons. The van der Waals surface area contributed by atoms with Gasteiger partial charge in [-0.3, -0.25) is 0 Å². The number of nitrogens with one attached hydrogen (secondary N) is 1. The molecule has 1 atom stereocenters. The molecule has 0 saturated carbocycles. The molecule has 0 bridgehead atoms. The van der Waals surface area contributed by atoms with Crippen LogP contribution in [0.5, 0.6) is 5.88 Å². The van der Waals surface area contributed by atoms with E-state index in [4.69, 9.17) is 14.6 Å². The van der Waals surface area contributed by atoms with Crippen LogP contribution in [0.1, 0.15) is 19.3 Å². The number of pyridine rings is 1. The SMILES string of the molecule is CN1CCOc2ncc(S(=O)(=O)N3CCC4(CC3)C[C@@H](NC(=O)O)CO4)cc21. The predicted octanol–water partition coefficient (Wildman–Crippen LogP) is 0.490. The standard InChI is InChI=1S/C17H24N4O6S/c1-20-6-7-26-15-14(20)8-13(10-18-15)28(24,25)21-4-2-17(3-5-21)9-12(11-27-17)19-16(22)23/h8,10,12,19H,2-7,9,11H2,1H3,(H,22,23)/t12-/m1/s1. The van der Waals surface area contributed by atoms with E-state index in [0.29, 0.717) is 63.7 Å². The van der Waals surface area contributed by atoms with Crippen LogP contribution in [-0.2, 0) is 14.8 Å². The van der Waals surface area contributed by atoms with Crippen LogP contribution in [0.3, 0.4) is 0 Å².